The van der Waals surface area contributed by atoms with Gasteiger partial charge in [0.25, 0.3) is 5.91 Å². The third-order valence-corrected chi connectivity index (χ3v) is 5.14. The van der Waals surface area contributed by atoms with Crippen molar-refractivity contribution < 1.29 is 14.3 Å². The number of anilines is 1. The fourth-order valence-corrected chi connectivity index (χ4v) is 3.51. The zero-order chi connectivity index (χ0) is 22.1. The predicted octanol–water partition coefficient (Wildman–Crippen LogP) is 2.92. The summed E-state index contributed by atoms with van der Waals surface area (Å²) in [6.45, 7) is 6.98. The lowest BCUT2D eigenvalue weighted by molar-refractivity contribution is -0.121. The van der Waals surface area contributed by atoms with E-state index >= 15 is 0 Å². The molecule has 0 atom stereocenters. The molecular formula is C24H32N4O3. The van der Waals surface area contributed by atoms with E-state index in [0.717, 1.165) is 54.6 Å². The monoisotopic (exact) mass is 424 g/mol. The SMILES string of the molecule is CCNC(=NCCCN1C(=O)COc2ccccc21)NCCc1ccc(C)c(OC)c1. The van der Waals surface area contributed by atoms with Crippen molar-refractivity contribution in [3.05, 3.63) is 53.6 Å². The van der Waals surface area contributed by atoms with Gasteiger partial charge in [-0.15, -0.1) is 0 Å². The van der Waals surface area contributed by atoms with E-state index in [1.54, 1.807) is 12.0 Å². The lowest BCUT2D eigenvalue weighted by atomic mass is 10.1. The molecule has 1 amide bonds. The number of rotatable bonds is 9. The number of ether oxygens (including phenoxy) is 2. The minimum absolute atomic E-state index is 0.0127. The molecule has 0 fully saturated rings. The summed E-state index contributed by atoms with van der Waals surface area (Å²) in [7, 11) is 1.70. The topological polar surface area (TPSA) is 75.2 Å². The molecule has 0 saturated carbocycles. The molecule has 0 spiro atoms. The number of carbonyl (C=O) groups excluding carboxylic acids is 1. The van der Waals surface area contributed by atoms with Gasteiger partial charge in [-0.05, 0) is 56.0 Å². The van der Waals surface area contributed by atoms with Crippen molar-refractivity contribution in [1.82, 2.24) is 10.6 Å². The molecule has 2 aromatic rings. The maximum absolute atomic E-state index is 12.3. The van der Waals surface area contributed by atoms with Crippen LogP contribution in [0.4, 0.5) is 5.69 Å². The summed E-state index contributed by atoms with van der Waals surface area (Å²) in [6, 6.07) is 13.9. The molecule has 1 aliphatic heterocycles. The van der Waals surface area contributed by atoms with E-state index in [0.29, 0.717) is 13.1 Å². The van der Waals surface area contributed by atoms with Crippen LogP contribution >= 0.6 is 0 Å². The maximum Gasteiger partial charge on any atom is 0.265 e. The number of fused-ring (bicyclic) bond motifs is 1. The van der Waals surface area contributed by atoms with Crippen molar-refractivity contribution in [3.63, 3.8) is 0 Å². The van der Waals surface area contributed by atoms with Gasteiger partial charge in [-0.3, -0.25) is 9.79 Å². The van der Waals surface area contributed by atoms with Crippen LogP contribution in [0.1, 0.15) is 24.5 Å². The molecule has 2 aromatic carbocycles. The van der Waals surface area contributed by atoms with Crippen LogP contribution in [0.3, 0.4) is 0 Å². The average molecular weight is 425 g/mol. The first-order chi connectivity index (χ1) is 15.1. The Morgan fingerprint density at radius 1 is 1.23 bits per heavy atom. The van der Waals surface area contributed by atoms with Gasteiger partial charge in [0.2, 0.25) is 0 Å². The van der Waals surface area contributed by atoms with E-state index in [1.165, 1.54) is 5.56 Å². The highest BCUT2D eigenvalue weighted by Gasteiger charge is 2.24. The Morgan fingerprint density at radius 3 is 2.87 bits per heavy atom. The number of hydrogen-bond donors (Lipinski definition) is 2. The molecule has 31 heavy (non-hydrogen) atoms. The summed E-state index contributed by atoms with van der Waals surface area (Å²) in [5, 5.41) is 6.66. The molecule has 166 valence electrons. The van der Waals surface area contributed by atoms with E-state index in [-0.39, 0.29) is 12.5 Å². The largest absolute Gasteiger partial charge is 0.496 e. The molecule has 0 aliphatic carbocycles. The number of nitrogens with one attached hydrogen (secondary N) is 2. The Morgan fingerprint density at radius 2 is 2.06 bits per heavy atom. The number of amides is 1. The molecule has 0 radical (unpaired) electrons. The van der Waals surface area contributed by atoms with Gasteiger partial charge in [-0.2, -0.15) is 0 Å². The fourth-order valence-electron chi connectivity index (χ4n) is 3.51. The Balaban J connectivity index is 1.49. The number of aliphatic imine (C=N–C) groups is 1. The van der Waals surface area contributed by atoms with Crippen LogP contribution in [0.2, 0.25) is 0 Å². The minimum Gasteiger partial charge on any atom is -0.496 e. The van der Waals surface area contributed by atoms with E-state index in [4.69, 9.17) is 9.47 Å². The Kier molecular flexibility index (Phi) is 8.15. The van der Waals surface area contributed by atoms with Crippen molar-refractivity contribution >= 4 is 17.6 Å². The highest BCUT2D eigenvalue weighted by atomic mass is 16.5. The number of para-hydroxylation sites is 2. The number of guanidine groups is 1. The molecule has 1 heterocycles. The average Bonchev–Trinajstić information content (AvgIpc) is 2.78. The van der Waals surface area contributed by atoms with E-state index in [9.17, 15) is 4.79 Å². The van der Waals surface area contributed by atoms with Crippen molar-refractivity contribution in [3.8, 4) is 11.5 Å². The van der Waals surface area contributed by atoms with Gasteiger partial charge >= 0.3 is 0 Å². The molecular weight excluding hydrogens is 392 g/mol. The standard InChI is InChI=1S/C24H32N4O3/c1-4-25-24(27-14-12-19-11-10-18(2)22(16-19)30-3)26-13-7-15-28-20-8-5-6-9-21(20)31-17-23(28)29/h5-6,8-11,16H,4,7,12-15,17H2,1-3H3,(H2,25,26,27). The summed E-state index contributed by atoms with van der Waals surface area (Å²) in [5.41, 5.74) is 3.19. The second kappa shape index (κ2) is 11.2. The molecule has 7 nitrogen and oxygen atoms in total. The lowest BCUT2D eigenvalue weighted by Gasteiger charge is -2.29. The number of carbonyl (C=O) groups is 1. The van der Waals surface area contributed by atoms with Crippen LogP contribution in [0.25, 0.3) is 0 Å². The van der Waals surface area contributed by atoms with Crippen LogP contribution in [0.5, 0.6) is 11.5 Å². The van der Waals surface area contributed by atoms with Crippen molar-refractivity contribution in [1.29, 1.82) is 0 Å². The molecule has 0 bridgehead atoms. The predicted molar refractivity (Wildman–Crippen MR) is 124 cm³/mol. The smallest absolute Gasteiger partial charge is 0.265 e. The molecule has 7 heteroatoms. The Hall–Kier alpha value is -3.22. The summed E-state index contributed by atoms with van der Waals surface area (Å²) in [4.78, 5) is 18.7. The summed E-state index contributed by atoms with van der Waals surface area (Å²) >= 11 is 0. The summed E-state index contributed by atoms with van der Waals surface area (Å²) in [6.07, 6.45) is 1.64. The van der Waals surface area contributed by atoms with Gasteiger partial charge < -0.3 is 25.0 Å². The van der Waals surface area contributed by atoms with Gasteiger partial charge in [0.05, 0.1) is 12.8 Å². The Labute approximate surface area is 184 Å². The summed E-state index contributed by atoms with van der Waals surface area (Å²) in [5.74, 6) is 2.45. The zero-order valence-electron chi connectivity index (χ0n) is 18.6. The third kappa shape index (κ3) is 6.13. The number of nitrogens with zero attached hydrogens (tertiary/aromatic N) is 2. The van der Waals surface area contributed by atoms with Crippen LogP contribution in [0, 0.1) is 6.92 Å². The van der Waals surface area contributed by atoms with Gasteiger partial charge in [0.15, 0.2) is 12.6 Å². The normalized spacial score (nSPS) is 13.5. The zero-order valence-corrected chi connectivity index (χ0v) is 18.6. The second-order valence-corrected chi connectivity index (χ2v) is 7.40. The molecule has 1 aliphatic rings. The van der Waals surface area contributed by atoms with Gasteiger partial charge in [0.1, 0.15) is 11.5 Å². The minimum atomic E-state index is -0.0127. The van der Waals surface area contributed by atoms with E-state index in [2.05, 4.69) is 33.8 Å². The first-order valence-corrected chi connectivity index (χ1v) is 10.8. The highest BCUT2D eigenvalue weighted by Crippen LogP contribution is 2.31. The molecule has 2 N–H and O–H groups in total. The highest BCUT2D eigenvalue weighted by molar-refractivity contribution is 5.97. The van der Waals surface area contributed by atoms with Gasteiger partial charge in [-0.1, -0.05) is 24.3 Å². The molecule has 0 saturated heterocycles. The maximum atomic E-state index is 12.3. The number of aryl methyl sites for hydroxylation is 1. The van der Waals surface area contributed by atoms with Crippen LogP contribution in [-0.2, 0) is 11.2 Å². The quantitative estimate of drug-likeness (QED) is 0.368. The van der Waals surface area contributed by atoms with Crippen LogP contribution in [-0.4, -0.2) is 51.8 Å². The number of hydrogen-bond acceptors (Lipinski definition) is 4. The first kappa shape index (κ1) is 22.5. The van der Waals surface area contributed by atoms with Gasteiger partial charge in [-0.25, -0.2) is 0 Å². The van der Waals surface area contributed by atoms with Crippen molar-refractivity contribution in [2.75, 3.05) is 44.8 Å². The first-order valence-electron chi connectivity index (χ1n) is 10.8. The van der Waals surface area contributed by atoms with E-state index < -0.39 is 0 Å². The second-order valence-electron chi connectivity index (χ2n) is 7.40. The van der Waals surface area contributed by atoms with Crippen LogP contribution in [0.15, 0.2) is 47.5 Å². The van der Waals surface area contributed by atoms with E-state index in [1.807, 2.05) is 38.1 Å². The molecule has 3 rings (SSSR count). The third-order valence-electron chi connectivity index (χ3n) is 5.14. The van der Waals surface area contributed by atoms with Gasteiger partial charge in [0, 0.05) is 26.2 Å². The Bertz CT molecular complexity index is 913. The number of methoxy groups -OCH3 is 1. The number of benzene rings is 2. The van der Waals surface area contributed by atoms with Crippen LogP contribution < -0.4 is 25.0 Å². The van der Waals surface area contributed by atoms with Crippen molar-refractivity contribution in [2.45, 2.75) is 26.7 Å². The van der Waals surface area contributed by atoms with Crippen molar-refractivity contribution in [2.24, 2.45) is 4.99 Å². The molecule has 0 aromatic heterocycles. The fraction of sp³-hybridized carbons (Fsp3) is 0.417. The lowest BCUT2D eigenvalue weighted by Crippen LogP contribution is -2.40. The summed E-state index contributed by atoms with van der Waals surface area (Å²) < 4.78 is 10.9. The molecule has 0 unspecified atom stereocenters.